The second kappa shape index (κ2) is 4.65. The van der Waals surface area contributed by atoms with Crippen LogP contribution in [0.5, 0.6) is 0 Å². The SMILES string of the molecule is CC1CCOCCN1c1nc2c(cnn2C)c(=O)[nH]1. The number of fused-ring (bicyclic) bond motifs is 1. The van der Waals surface area contributed by atoms with Crippen LogP contribution in [0.4, 0.5) is 5.95 Å². The highest BCUT2D eigenvalue weighted by Crippen LogP contribution is 2.16. The fraction of sp³-hybridized carbons (Fsp3) is 0.583. The molecule has 0 radical (unpaired) electrons. The van der Waals surface area contributed by atoms with Gasteiger partial charge in [0.1, 0.15) is 5.39 Å². The zero-order valence-electron chi connectivity index (χ0n) is 11.1. The molecule has 3 rings (SSSR count). The molecule has 0 amide bonds. The van der Waals surface area contributed by atoms with E-state index in [2.05, 4.69) is 26.9 Å². The molecule has 1 saturated heterocycles. The van der Waals surface area contributed by atoms with Gasteiger partial charge in [0, 0.05) is 26.2 Å². The summed E-state index contributed by atoms with van der Waals surface area (Å²) in [6.07, 6.45) is 2.47. The number of nitrogens with one attached hydrogen (secondary N) is 1. The molecule has 102 valence electrons. The molecule has 1 unspecified atom stereocenters. The van der Waals surface area contributed by atoms with Crippen molar-refractivity contribution in [1.29, 1.82) is 0 Å². The van der Waals surface area contributed by atoms with E-state index < -0.39 is 0 Å². The van der Waals surface area contributed by atoms with Gasteiger partial charge < -0.3 is 9.64 Å². The number of ether oxygens (including phenoxy) is 1. The fourth-order valence-corrected chi connectivity index (χ4v) is 2.37. The van der Waals surface area contributed by atoms with Gasteiger partial charge in [-0.25, -0.2) is 0 Å². The van der Waals surface area contributed by atoms with Crippen LogP contribution in [0.3, 0.4) is 0 Å². The van der Waals surface area contributed by atoms with Crippen LogP contribution >= 0.6 is 0 Å². The van der Waals surface area contributed by atoms with Gasteiger partial charge >= 0.3 is 0 Å². The predicted octanol–water partition coefficient (Wildman–Crippen LogP) is 0.272. The summed E-state index contributed by atoms with van der Waals surface area (Å²) in [5, 5.41) is 4.59. The van der Waals surface area contributed by atoms with Gasteiger partial charge in [0.25, 0.3) is 5.56 Å². The van der Waals surface area contributed by atoms with Crippen molar-refractivity contribution >= 4 is 17.0 Å². The molecule has 1 N–H and O–H groups in total. The minimum Gasteiger partial charge on any atom is -0.380 e. The first-order valence-electron chi connectivity index (χ1n) is 6.43. The van der Waals surface area contributed by atoms with Crippen LogP contribution in [0.2, 0.25) is 0 Å². The normalized spacial score (nSPS) is 20.7. The number of aromatic amines is 1. The van der Waals surface area contributed by atoms with Crippen molar-refractivity contribution in [2.24, 2.45) is 7.05 Å². The molecule has 2 aromatic heterocycles. The van der Waals surface area contributed by atoms with E-state index in [-0.39, 0.29) is 11.6 Å². The molecule has 3 heterocycles. The molecule has 0 bridgehead atoms. The van der Waals surface area contributed by atoms with E-state index >= 15 is 0 Å². The lowest BCUT2D eigenvalue weighted by Gasteiger charge is -2.26. The molecule has 7 nitrogen and oxygen atoms in total. The third kappa shape index (κ3) is 2.10. The Balaban J connectivity index is 2.08. The third-order valence-electron chi connectivity index (χ3n) is 3.55. The van der Waals surface area contributed by atoms with E-state index in [1.807, 2.05) is 0 Å². The number of hydrogen-bond donors (Lipinski definition) is 1. The van der Waals surface area contributed by atoms with Crippen LogP contribution in [-0.2, 0) is 11.8 Å². The van der Waals surface area contributed by atoms with Crippen molar-refractivity contribution in [3.8, 4) is 0 Å². The Kier molecular flexibility index (Phi) is 2.98. The van der Waals surface area contributed by atoms with Crippen molar-refractivity contribution in [3.05, 3.63) is 16.6 Å². The maximum absolute atomic E-state index is 12.0. The van der Waals surface area contributed by atoms with E-state index in [9.17, 15) is 4.79 Å². The number of anilines is 1. The van der Waals surface area contributed by atoms with Gasteiger partial charge in [-0.3, -0.25) is 14.5 Å². The Hall–Kier alpha value is -1.89. The van der Waals surface area contributed by atoms with E-state index in [4.69, 9.17) is 4.74 Å². The molecule has 1 aliphatic rings. The van der Waals surface area contributed by atoms with Gasteiger partial charge in [0.15, 0.2) is 5.65 Å². The average Bonchev–Trinajstić information content (AvgIpc) is 2.63. The highest BCUT2D eigenvalue weighted by molar-refractivity contribution is 5.74. The Morgan fingerprint density at radius 3 is 3.16 bits per heavy atom. The molecular weight excluding hydrogens is 246 g/mol. The minimum atomic E-state index is -0.148. The number of aryl methyl sites for hydroxylation is 1. The maximum atomic E-state index is 12.0. The zero-order valence-corrected chi connectivity index (χ0v) is 11.1. The standard InChI is InChI=1S/C12H17N5O2/c1-8-3-5-19-6-4-17(8)12-14-10-9(11(18)15-12)7-13-16(10)2/h7-8H,3-6H2,1-2H3,(H,14,15,18). The summed E-state index contributed by atoms with van der Waals surface area (Å²) in [6, 6.07) is 0.288. The van der Waals surface area contributed by atoms with Crippen LogP contribution in [0.1, 0.15) is 13.3 Å². The molecule has 7 heteroatoms. The van der Waals surface area contributed by atoms with Crippen LogP contribution in [-0.4, -0.2) is 45.5 Å². The first-order valence-corrected chi connectivity index (χ1v) is 6.43. The second-order valence-electron chi connectivity index (χ2n) is 4.84. The molecule has 0 aliphatic carbocycles. The fourth-order valence-electron chi connectivity index (χ4n) is 2.37. The largest absolute Gasteiger partial charge is 0.380 e. The summed E-state index contributed by atoms with van der Waals surface area (Å²) < 4.78 is 7.08. The molecule has 1 aliphatic heterocycles. The number of H-pyrrole nitrogens is 1. The highest BCUT2D eigenvalue weighted by atomic mass is 16.5. The quantitative estimate of drug-likeness (QED) is 0.799. The third-order valence-corrected chi connectivity index (χ3v) is 3.55. The first-order chi connectivity index (χ1) is 9.16. The first kappa shape index (κ1) is 12.2. The minimum absolute atomic E-state index is 0.148. The molecule has 0 aromatic carbocycles. The van der Waals surface area contributed by atoms with Crippen LogP contribution in [0.15, 0.2) is 11.0 Å². The molecular formula is C12H17N5O2. The molecule has 1 fully saturated rings. The zero-order chi connectivity index (χ0) is 13.4. The smallest absolute Gasteiger partial charge is 0.263 e. The maximum Gasteiger partial charge on any atom is 0.263 e. The Labute approximate surface area is 110 Å². The molecule has 1 atom stereocenters. The van der Waals surface area contributed by atoms with Gasteiger partial charge in [0.05, 0.1) is 12.8 Å². The molecule has 19 heavy (non-hydrogen) atoms. The van der Waals surface area contributed by atoms with E-state index in [1.165, 1.54) is 0 Å². The molecule has 0 spiro atoms. The molecule has 0 saturated carbocycles. The van der Waals surface area contributed by atoms with E-state index in [0.29, 0.717) is 23.6 Å². The summed E-state index contributed by atoms with van der Waals surface area (Å²) in [4.78, 5) is 21.5. The summed E-state index contributed by atoms with van der Waals surface area (Å²) in [5.41, 5.74) is 0.460. The Morgan fingerprint density at radius 2 is 2.32 bits per heavy atom. The lowest BCUT2D eigenvalue weighted by Crippen LogP contribution is -2.36. The number of aromatic nitrogens is 4. The number of nitrogens with zero attached hydrogens (tertiary/aromatic N) is 4. The summed E-state index contributed by atoms with van der Waals surface area (Å²) in [6.45, 7) is 4.24. The van der Waals surface area contributed by atoms with Crippen molar-refractivity contribution in [2.45, 2.75) is 19.4 Å². The van der Waals surface area contributed by atoms with Gasteiger partial charge in [-0.2, -0.15) is 10.1 Å². The predicted molar refractivity (Wildman–Crippen MR) is 71.4 cm³/mol. The number of hydrogen-bond acceptors (Lipinski definition) is 5. The summed E-state index contributed by atoms with van der Waals surface area (Å²) >= 11 is 0. The van der Waals surface area contributed by atoms with Crippen molar-refractivity contribution in [1.82, 2.24) is 19.7 Å². The number of rotatable bonds is 1. The summed E-state index contributed by atoms with van der Waals surface area (Å²) in [7, 11) is 1.79. The average molecular weight is 263 g/mol. The van der Waals surface area contributed by atoms with Crippen LogP contribution in [0, 0.1) is 0 Å². The van der Waals surface area contributed by atoms with Gasteiger partial charge in [-0.05, 0) is 13.3 Å². The Morgan fingerprint density at radius 1 is 1.47 bits per heavy atom. The van der Waals surface area contributed by atoms with Gasteiger partial charge in [0.2, 0.25) is 5.95 Å². The topological polar surface area (TPSA) is 76.0 Å². The van der Waals surface area contributed by atoms with Crippen LogP contribution in [0.25, 0.3) is 11.0 Å². The van der Waals surface area contributed by atoms with Crippen molar-refractivity contribution in [3.63, 3.8) is 0 Å². The van der Waals surface area contributed by atoms with Gasteiger partial charge in [-0.1, -0.05) is 0 Å². The van der Waals surface area contributed by atoms with Gasteiger partial charge in [-0.15, -0.1) is 0 Å². The van der Waals surface area contributed by atoms with E-state index in [1.54, 1.807) is 17.9 Å². The van der Waals surface area contributed by atoms with Crippen molar-refractivity contribution < 1.29 is 4.74 Å². The molecule has 2 aromatic rings. The monoisotopic (exact) mass is 263 g/mol. The van der Waals surface area contributed by atoms with Crippen LogP contribution < -0.4 is 10.5 Å². The Bertz CT molecular complexity index is 647. The highest BCUT2D eigenvalue weighted by Gasteiger charge is 2.20. The second-order valence-corrected chi connectivity index (χ2v) is 4.84. The summed E-state index contributed by atoms with van der Waals surface area (Å²) in [5.74, 6) is 0.596. The van der Waals surface area contributed by atoms with E-state index in [0.717, 1.165) is 19.6 Å². The lowest BCUT2D eigenvalue weighted by molar-refractivity contribution is 0.150. The lowest BCUT2D eigenvalue weighted by atomic mass is 10.2. The van der Waals surface area contributed by atoms with Crippen molar-refractivity contribution in [2.75, 3.05) is 24.7 Å².